The summed E-state index contributed by atoms with van der Waals surface area (Å²) in [4.78, 5) is 2.43. The zero-order chi connectivity index (χ0) is 12.4. The zero-order valence-corrected chi connectivity index (χ0v) is 11.5. The molecule has 0 spiro atoms. The Hall–Kier alpha value is -0.280. The summed E-state index contributed by atoms with van der Waals surface area (Å²) in [6.07, 6.45) is 2.39. The van der Waals surface area contributed by atoms with Gasteiger partial charge in [0.2, 0.25) is 0 Å². The first-order chi connectivity index (χ1) is 8.13. The van der Waals surface area contributed by atoms with Crippen LogP contribution < -0.4 is 5.73 Å². The van der Waals surface area contributed by atoms with Crippen molar-refractivity contribution < 1.29 is 0 Å². The highest BCUT2D eigenvalue weighted by Crippen LogP contribution is 2.33. The highest BCUT2D eigenvalue weighted by molar-refractivity contribution is 6.33. The number of hydrogen-bond acceptors (Lipinski definition) is 2. The second-order valence-corrected chi connectivity index (χ2v) is 5.46. The number of hydrogen-bond donors (Lipinski definition) is 1. The molecule has 1 aromatic rings. The number of nitrogens with two attached hydrogens (primary N) is 1. The molecule has 1 aliphatic rings. The molecular weight excluding hydrogens is 255 g/mol. The van der Waals surface area contributed by atoms with Crippen molar-refractivity contribution >= 4 is 23.2 Å². The maximum atomic E-state index is 6.24. The van der Waals surface area contributed by atoms with Gasteiger partial charge in [0, 0.05) is 28.7 Å². The molecule has 17 heavy (non-hydrogen) atoms. The van der Waals surface area contributed by atoms with Gasteiger partial charge in [0.1, 0.15) is 0 Å². The predicted molar refractivity (Wildman–Crippen MR) is 73.7 cm³/mol. The van der Waals surface area contributed by atoms with Gasteiger partial charge < -0.3 is 5.73 Å². The van der Waals surface area contributed by atoms with Crippen LogP contribution in [0.25, 0.3) is 0 Å². The van der Waals surface area contributed by atoms with Crippen molar-refractivity contribution in [1.29, 1.82) is 0 Å². The van der Waals surface area contributed by atoms with Crippen molar-refractivity contribution in [2.75, 3.05) is 13.1 Å². The van der Waals surface area contributed by atoms with Crippen molar-refractivity contribution in [3.63, 3.8) is 0 Å². The molecule has 2 atom stereocenters. The highest BCUT2D eigenvalue weighted by atomic mass is 35.5. The summed E-state index contributed by atoms with van der Waals surface area (Å²) in [7, 11) is 0. The predicted octanol–water partition coefficient (Wildman–Crippen LogP) is 3.48. The molecule has 1 aromatic carbocycles. The second kappa shape index (κ2) is 5.57. The molecule has 2 rings (SSSR count). The summed E-state index contributed by atoms with van der Waals surface area (Å²) >= 11 is 12.3. The quantitative estimate of drug-likeness (QED) is 0.913. The highest BCUT2D eigenvalue weighted by Gasteiger charge is 2.29. The smallest absolute Gasteiger partial charge is 0.0454 e. The van der Waals surface area contributed by atoms with E-state index in [-0.39, 0.29) is 6.04 Å². The maximum absolute atomic E-state index is 6.24. The van der Waals surface area contributed by atoms with Gasteiger partial charge in [-0.25, -0.2) is 0 Å². The van der Waals surface area contributed by atoms with Crippen LogP contribution in [-0.2, 0) is 0 Å². The summed E-state index contributed by atoms with van der Waals surface area (Å²) in [6.45, 7) is 3.97. The minimum atomic E-state index is 0.275. The Morgan fingerprint density at radius 1 is 1.47 bits per heavy atom. The van der Waals surface area contributed by atoms with Crippen LogP contribution in [0.2, 0.25) is 10.0 Å². The lowest BCUT2D eigenvalue weighted by molar-refractivity contribution is 0.197. The van der Waals surface area contributed by atoms with E-state index in [1.54, 1.807) is 0 Å². The van der Waals surface area contributed by atoms with Gasteiger partial charge in [-0.3, -0.25) is 4.90 Å². The molecule has 1 aliphatic heterocycles. The van der Waals surface area contributed by atoms with E-state index < -0.39 is 0 Å². The molecule has 4 heteroatoms. The van der Waals surface area contributed by atoms with Crippen LogP contribution in [0.15, 0.2) is 18.2 Å². The molecule has 0 aromatic heterocycles. The van der Waals surface area contributed by atoms with Gasteiger partial charge in [-0.05, 0) is 50.1 Å². The summed E-state index contributed by atoms with van der Waals surface area (Å²) in [5.41, 5.74) is 6.90. The van der Waals surface area contributed by atoms with E-state index in [9.17, 15) is 0 Å². The lowest BCUT2D eigenvalue weighted by Gasteiger charge is -2.30. The molecule has 1 fully saturated rings. The van der Waals surface area contributed by atoms with Crippen LogP contribution in [0.4, 0.5) is 0 Å². The third-order valence-corrected chi connectivity index (χ3v) is 4.18. The molecule has 1 saturated heterocycles. The summed E-state index contributed by atoms with van der Waals surface area (Å²) in [6, 6.07) is 6.39. The topological polar surface area (TPSA) is 29.3 Å². The van der Waals surface area contributed by atoms with Crippen molar-refractivity contribution in [2.45, 2.75) is 31.8 Å². The first-order valence-electron chi connectivity index (χ1n) is 6.04. The third-order valence-electron chi connectivity index (χ3n) is 3.60. The number of rotatable bonds is 3. The van der Waals surface area contributed by atoms with Crippen LogP contribution in [-0.4, -0.2) is 24.0 Å². The van der Waals surface area contributed by atoms with Crippen molar-refractivity contribution in [3.05, 3.63) is 33.8 Å². The second-order valence-electron chi connectivity index (χ2n) is 4.61. The van der Waals surface area contributed by atoms with Crippen LogP contribution in [0.1, 0.15) is 31.4 Å². The standard InChI is InChI=1S/C13H18Cl2N2/c1-9(17-6-2-3-11(17)8-16)12-7-10(14)4-5-13(12)15/h4-5,7,9,11H,2-3,6,8,16H2,1H3. The zero-order valence-electron chi connectivity index (χ0n) is 10.00. The fourth-order valence-corrected chi connectivity index (χ4v) is 3.09. The molecule has 2 N–H and O–H groups in total. The normalized spacial score (nSPS) is 22.9. The van der Waals surface area contributed by atoms with E-state index in [0.717, 1.165) is 22.2 Å². The number of halogens is 2. The minimum absolute atomic E-state index is 0.275. The maximum Gasteiger partial charge on any atom is 0.0454 e. The SMILES string of the molecule is CC(c1cc(Cl)ccc1Cl)N1CCCC1CN. The molecule has 0 amide bonds. The molecule has 0 saturated carbocycles. The van der Waals surface area contributed by atoms with Gasteiger partial charge in [-0.15, -0.1) is 0 Å². The molecule has 0 radical (unpaired) electrons. The molecule has 2 nitrogen and oxygen atoms in total. The molecule has 1 heterocycles. The average molecular weight is 273 g/mol. The van der Waals surface area contributed by atoms with E-state index in [0.29, 0.717) is 12.6 Å². The van der Waals surface area contributed by atoms with Crippen LogP contribution in [0.3, 0.4) is 0 Å². The Bertz CT molecular complexity index is 395. The van der Waals surface area contributed by atoms with Crippen molar-refractivity contribution in [3.8, 4) is 0 Å². The Kier molecular flexibility index (Phi) is 4.31. The fourth-order valence-electron chi connectivity index (χ4n) is 2.63. The molecule has 0 aliphatic carbocycles. The van der Waals surface area contributed by atoms with E-state index in [4.69, 9.17) is 28.9 Å². The first kappa shape index (κ1) is 13.2. The Morgan fingerprint density at radius 2 is 2.24 bits per heavy atom. The van der Waals surface area contributed by atoms with Crippen molar-refractivity contribution in [2.24, 2.45) is 5.73 Å². The minimum Gasteiger partial charge on any atom is -0.329 e. The van der Waals surface area contributed by atoms with E-state index in [2.05, 4.69) is 11.8 Å². The first-order valence-corrected chi connectivity index (χ1v) is 6.80. The van der Waals surface area contributed by atoms with Crippen LogP contribution in [0, 0.1) is 0 Å². The Balaban J connectivity index is 2.24. The van der Waals surface area contributed by atoms with Gasteiger partial charge >= 0.3 is 0 Å². The van der Waals surface area contributed by atoms with E-state index >= 15 is 0 Å². The number of nitrogens with zero attached hydrogens (tertiary/aromatic N) is 1. The van der Waals surface area contributed by atoms with E-state index in [1.807, 2.05) is 18.2 Å². The van der Waals surface area contributed by atoms with Crippen LogP contribution >= 0.6 is 23.2 Å². The molecule has 0 bridgehead atoms. The number of benzene rings is 1. The average Bonchev–Trinajstić information content (AvgIpc) is 2.79. The lowest BCUT2D eigenvalue weighted by Crippen LogP contribution is -2.37. The molecule has 2 unspecified atom stereocenters. The van der Waals surface area contributed by atoms with Gasteiger partial charge in [0.05, 0.1) is 0 Å². The summed E-state index contributed by atoms with van der Waals surface area (Å²) < 4.78 is 0. The summed E-state index contributed by atoms with van der Waals surface area (Å²) in [5, 5.41) is 1.52. The monoisotopic (exact) mass is 272 g/mol. The molecular formula is C13H18Cl2N2. The van der Waals surface area contributed by atoms with Gasteiger partial charge in [-0.2, -0.15) is 0 Å². The third kappa shape index (κ3) is 2.76. The summed E-state index contributed by atoms with van der Waals surface area (Å²) in [5.74, 6) is 0. The van der Waals surface area contributed by atoms with E-state index in [1.165, 1.54) is 12.8 Å². The Morgan fingerprint density at radius 3 is 2.94 bits per heavy atom. The van der Waals surface area contributed by atoms with Gasteiger partial charge in [0.15, 0.2) is 0 Å². The van der Waals surface area contributed by atoms with Gasteiger partial charge in [-0.1, -0.05) is 23.2 Å². The molecule has 94 valence electrons. The largest absolute Gasteiger partial charge is 0.329 e. The fraction of sp³-hybridized carbons (Fsp3) is 0.538. The Labute approximate surface area is 113 Å². The lowest BCUT2D eigenvalue weighted by atomic mass is 10.1. The number of likely N-dealkylation sites (tertiary alicyclic amines) is 1. The van der Waals surface area contributed by atoms with Crippen LogP contribution in [0.5, 0.6) is 0 Å². The van der Waals surface area contributed by atoms with Gasteiger partial charge in [0.25, 0.3) is 0 Å². The van der Waals surface area contributed by atoms with Crippen molar-refractivity contribution in [1.82, 2.24) is 4.90 Å².